The first-order chi connectivity index (χ1) is 8.20. The van der Waals surface area contributed by atoms with Gasteiger partial charge in [-0.25, -0.2) is 15.0 Å². The molecule has 17 heavy (non-hydrogen) atoms. The first kappa shape index (κ1) is 11.9. The first-order valence-electron chi connectivity index (χ1n) is 5.42. The van der Waals surface area contributed by atoms with Crippen molar-refractivity contribution in [3.05, 3.63) is 35.8 Å². The minimum Gasteiger partial charge on any atom is -0.383 e. The molecule has 0 aliphatic carbocycles. The van der Waals surface area contributed by atoms with E-state index in [1.165, 1.54) is 11.8 Å². The van der Waals surface area contributed by atoms with Crippen LogP contribution in [0.4, 0.5) is 5.82 Å². The van der Waals surface area contributed by atoms with Gasteiger partial charge in [0.15, 0.2) is 0 Å². The predicted molar refractivity (Wildman–Crippen MR) is 68.9 cm³/mol. The van der Waals surface area contributed by atoms with Crippen LogP contribution >= 0.6 is 11.8 Å². The molecular formula is C12H14N4S. The lowest BCUT2D eigenvalue weighted by molar-refractivity contribution is 0.877. The van der Waals surface area contributed by atoms with Crippen molar-refractivity contribution in [3.8, 4) is 0 Å². The van der Waals surface area contributed by atoms with Crippen molar-refractivity contribution >= 4 is 17.6 Å². The van der Waals surface area contributed by atoms with Gasteiger partial charge in [0, 0.05) is 18.2 Å². The van der Waals surface area contributed by atoms with Crippen LogP contribution in [0.1, 0.15) is 18.3 Å². The molecule has 2 heterocycles. The van der Waals surface area contributed by atoms with Crippen molar-refractivity contribution in [2.24, 2.45) is 0 Å². The number of anilines is 1. The molecule has 2 aromatic rings. The lowest BCUT2D eigenvalue weighted by Gasteiger charge is -2.08. The topological polar surface area (TPSA) is 64.7 Å². The van der Waals surface area contributed by atoms with Crippen LogP contribution in [-0.4, -0.2) is 15.0 Å². The number of aromatic nitrogens is 3. The summed E-state index contributed by atoms with van der Waals surface area (Å²) in [6, 6.07) is 5.80. The van der Waals surface area contributed by atoms with Crippen molar-refractivity contribution in [3.63, 3.8) is 0 Å². The van der Waals surface area contributed by atoms with Gasteiger partial charge < -0.3 is 5.73 Å². The molecule has 0 aliphatic heterocycles. The quantitative estimate of drug-likeness (QED) is 0.843. The number of nitrogens with zero attached hydrogens (tertiary/aromatic N) is 3. The van der Waals surface area contributed by atoms with Gasteiger partial charge in [-0.1, -0.05) is 13.0 Å². The van der Waals surface area contributed by atoms with Crippen molar-refractivity contribution < 1.29 is 0 Å². The molecule has 0 saturated carbocycles. The largest absolute Gasteiger partial charge is 0.383 e. The van der Waals surface area contributed by atoms with Gasteiger partial charge in [0.05, 0.1) is 0 Å². The summed E-state index contributed by atoms with van der Waals surface area (Å²) in [6.45, 7) is 3.94. The maximum absolute atomic E-state index is 5.87. The van der Waals surface area contributed by atoms with E-state index in [1.54, 1.807) is 6.20 Å². The number of pyridine rings is 1. The minimum atomic E-state index is 0.551. The lowest BCUT2D eigenvalue weighted by atomic mass is 10.3. The van der Waals surface area contributed by atoms with E-state index in [2.05, 4.69) is 15.0 Å². The Labute approximate surface area is 105 Å². The highest BCUT2D eigenvalue weighted by Gasteiger charge is 2.09. The van der Waals surface area contributed by atoms with E-state index in [0.29, 0.717) is 5.82 Å². The summed E-state index contributed by atoms with van der Waals surface area (Å²) >= 11 is 1.52. The maximum atomic E-state index is 5.87. The molecule has 0 aromatic carbocycles. The SMILES string of the molecule is CCc1nc(N)c(C)c(Sc2ccccn2)n1. The molecule has 5 heteroatoms. The van der Waals surface area contributed by atoms with Crippen molar-refractivity contribution in [1.82, 2.24) is 15.0 Å². The summed E-state index contributed by atoms with van der Waals surface area (Å²) in [5.74, 6) is 1.32. The van der Waals surface area contributed by atoms with Crippen LogP contribution < -0.4 is 5.73 Å². The highest BCUT2D eigenvalue weighted by atomic mass is 32.2. The zero-order valence-corrected chi connectivity index (χ0v) is 10.7. The first-order valence-corrected chi connectivity index (χ1v) is 6.24. The number of aryl methyl sites for hydroxylation is 1. The van der Waals surface area contributed by atoms with Crippen LogP contribution in [0.2, 0.25) is 0 Å². The second-order valence-electron chi connectivity index (χ2n) is 3.58. The molecule has 88 valence electrons. The Hall–Kier alpha value is -1.62. The van der Waals surface area contributed by atoms with Crippen LogP contribution in [0.25, 0.3) is 0 Å². The van der Waals surface area contributed by atoms with Crippen LogP contribution in [0.15, 0.2) is 34.4 Å². The third-order valence-corrected chi connectivity index (χ3v) is 3.38. The zero-order chi connectivity index (χ0) is 12.3. The summed E-state index contributed by atoms with van der Waals surface area (Å²) < 4.78 is 0. The molecule has 0 radical (unpaired) electrons. The van der Waals surface area contributed by atoms with Crippen molar-refractivity contribution in [2.45, 2.75) is 30.3 Å². The Balaban J connectivity index is 2.35. The number of nitrogen functional groups attached to an aromatic ring is 1. The number of hydrogen-bond donors (Lipinski definition) is 1. The number of nitrogens with two attached hydrogens (primary N) is 1. The summed E-state index contributed by atoms with van der Waals surface area (Å²) in [4.78, 5) is 13.0. The Bertz CT molecular complexity index is 513. The van der Waals surface area contributed by atoms with Gasteiger partial charge in [-0.2, -0.15) is 0 Å². The van der Waals surface area contributed by atoms with Crippen LogP contribution in [0, 0.1) is 6.92 Å². The van der Waals surface area contributed by atoms with Gasteiger partial charge in [0.1, 0.15) is 21.7 Å². The van der Waals surface area contributed by atoms with Gasteiger partial charge >= 0.3 is 0 Å². The van der Waals surface area contributed by atoms with E-state index in [1.807, 2.05) is 32.0 Å². The molecule has 0 aliphatic rings. The molecule has 2 rings (SSSR count). The van der Waals surface area contributed by atoms with Gasteiger partial charge in [0.2, 0.25) is 0 Å². The van der Waals surface area contributed by atoms with Gasteiger partial charge in [-0.15, -0.1) is 0 Å². The van der Waals surface area contributed by atoms with Gasteiger partial charge in [-0.3, -0.25) is 0 Å². The number of hydrogen-bond acceptors (Lipinski definition) is 5. The third-order valence-electron chi connectivity index (χ3n) is 2.34. The molecule has 0 atom stereocenters. The van der Waals surface area contributed by atoms with E-state index in [-0.39, 0.29) is 0 Å². The van der Waals surface area contributed by atoms with E-state index < -0.39 is 0 Å². The minimum absolute atomic E-state index is 0.551. The summed E-state index contributed by atoms with van der Waals surface area (Å²) in [5, 5.41) is 1.80. The summed E-state index contributed by atoms with van der Waals surface area (Å²) in [6.07, 6.45) is 2.54. The third kappa shape index (κ3) is 2.74. The standard InChI is InChI=1S/C12H14N4S/c1-3-9-15-11(13)8(2)12(16-9)17-10-6-4-5-7-14-10/h4-7H,3H2,1-2H3,(H2,13,15,16). The molecule has 0 amide bonds. The van der Waals surface area contributed by atoms with E-state index >= 15 is 0 Å². The van der Waals surface area contributed by atoms with E-state index in [9.17, 15) is 0 Å². The molecule has 0 saturated heterocycles. The van der Waals surface area contributed by atoms with Gasteiger partial charge in [-0.05, 0) is 30.8 Å². The average molecular weight is 246 g/mol. The van der Waals surface area contributed by atoms with Crippen LogP contribution in [-0.2, 0) is 6.42 Å². The monoisotopic (exact) mass is 246 g/mol. The molecule has 4 nitrogen and oxygen atoms in total. The van der Waals surface area contributed by atoms with Crippen molar-refractivity contribution in [1.29, 1.82) is 0 Å². The highest BCUT2D eigenvalue weighted by Crippen LogP contribution is 2.28. The van der Waals surface area contributed by atoms with Crippen molar-refractivity contribution in [2.75, 3.05) is 5.73 Å². The molecular weight excluding hydrogens is 232 g/mol. The van der Waals surface area contributed by atoms with E-state index in [0.717, 1.165) is 27.9 Å². The summed E-state index contributed by atoms with van der Waals surface area (Å²) in [5.41, 5.74) is 6.78. The smallest absolute Gasteiger partial charge is 0.131 e. The summed E-state index contributed by atoms with van der Waals surface area (Å²) in [7, 11) is 0. The Morgan fingerprint density at radius 1 is 1.29 bits per heavy atom. The second-order valence-corrected chi connectivity index (χ2v) is 4.59. The Morgan fingerprint density at radius 3 is 2.76 bits per heavy atom. The fraction of sp³-hybridized carbons (Fsp3) is 0.250. The maximum Gasteiger partial charge on any atom is 0.131 e. The second kappa shape index (κ2) is 5.14. The van der Waals surface area contributed by atoms with Crippen LogP contribution in [0.3, 0.4) is 0 Å². The molecule has 2 aromatic heterocycles. The fourth-order valence-electron chi connectivity index (χ4n) is 1.32. The normalized spacial score (nSPS) is 10.5. The highest BCUT2D eigenvalue weighted by molar-refractivity contribution is 7.99. The Morgan fingerprint density at radius 2 is 2.12 bits per heavy atom. The predicted octanol–water partition coefficient (Wildman–Crippen LogP) is 2.48. The number of rotatable bonds is 3. The molecule has 2 N–H and O–H groups in total. The molecule has 0 spiro atoms. The molecule has 0 unspecified atom stereocenters. The molecule has 0 bridgehead atoms. The van der Waals surface area contributed by atoms with E-state index in [4.69, 9.17) is 5.73 Å². The zero-order valence-electron chi connectivity index (χ0n) is 9.84. The Kier molecular flexibility index (Phi) is 3.58. The average Bonchev–Trinajstić information content (AvgIpc) is 2.36. The van der Waals surface area contributed by atoms with Gasteiger partial charge in [0.25, 0.3) is 0 Å². The lowest BCUT2D eigenvalue weighted by Crippen LogP contribution is -2.03. The van der Waals surface area contributed by atoms with Crippen LogP contribution in [0.5, 0.6) is 0 Å². The molecule has 0 fully saturated rings. The fourth-order valence-corrected chi connectivity index (χ4v) is 2.19.